The molecule has 1 heterocycles. The summed E-state index contributed by atoms with van der Waals surface area (Å²) in [6.45, 7) is 0. The van der Waals surface area contributed by atoms with E-state index < -0.39 is 0 Å². The molecule has 0 saturated carbocycles. The number of ether oxygens (including phenoxy) is 1. The number of methoxy groups -OCH3 is 1. The van der Waals surface area contributed by atoms with Crippen molar-refractivity contribution in [2.24, 2.45) is 5.10 Å². The molecule has 0 aliphatic carbocycles. The number of nitrogens with zero attached hydrogens (tertiary/aromatic N) is 5. The zero-order chi connectivity index (χ0) is 18.2. The fourth-order valence-corrected chi connectivity index (χ4v) is 2.75. The van der Waals surface area contributed by atoms with Gasteiger partial charge in [-0.3, -0.25) is 4.79 Å². The molecule has 0 unspecified atom stereocenters. The number of carbonyl (C=O) groups is 1. The van der Waals surface area contributed by atoms with E-state index in [0.29, 0.717) is 5.16 Å². The Balaban J connectivity index is 1.53. The summed E-state index contributed by atoms with van der Waals surface area (Å²) in [5, 5.41) is 16.0. The predicted molar refractivity (Wildman–Crippen MR) is 98.6 cm³/mol. The zero-order valence-electron chi connectivity index (χ0n) is 13.9. The fraction of sp³-hybridized carbons (Fsp3) is 0.118. The first-order chi connectivity index (χ1) is 12.8. The van der Waals surface area contributed by atoms with Crippen LogP contribution in [0.2, 0.25) is 0 Å². The van der Waals surface area contributed by atoms with Gasteiger partial charge in [-0.15, -0.1) is 5.10 Å². The maximum atomic E-state index is 12.0. The third kappa shape index (κ3) is 4.67. The van der Waals surface area contributed by atoms with Gasteiger partial charge in [-0.2, -0.15) is 9.78 Å². The number of aromatic nitrogens is 4. The lowest BCUT2D eigenvalue weighted by atomic mass is 10.2. The van der Waals surface area contributed by atoms with E-state index in [0.717, 1.165) is 17.0 Å². The number of rotatable bonds is 7. The van der Waals surface area contributed by atoms with Crippen LogP contribution >= 0.6 is 11.8 Å². The largest absolute Gasteiger partial charge is 0.497 e. The molecule has 0 radical (unpaired) electrons. The van der Waals surface area contributed by atoms with Crippen LogP contribution in [0.3, 0.4) is 0 Å². The van der Waals surface area contributed by atoms with Crippen molar-refractivity contribution in [2.75, 3.05) is 12.9 Å². The van der Waals surface area contributed by atoms with E-state index in [-0.39, 0.29) is 11.7 Å². The number of amides is 1. The SMILES string of the molecule is COc1cccc(/C=N/NC(=O)CSc2nnnn2-c2ccccc2)c1. The first-order valence-electron chi connectivity index (χ1n) is 7.69. The number of thioether (sulfide) groups is 1. The van der Waals surface area contributed by atoms with Gasteiger partial charge >= 0.3 is 0 Å². The zero-order valence-corrected chi connectivity index (χ0v) is 14.8. The van der Waals surface area contributed by atoms with Crippen LogP contribution in [0.1, 0.15) is 5.56 Å². The fourth-order valence-electron chi connectivity index (χ4n) is 2.06. The molecular weight excluding hydrogens is 352 g/mol. The lowest BCUT2D eigenvalue weighted by Gasteiger charge is -2.03. The van der Waals surface area contributed by atoms with E-state index in [1.165, 1.54) is 11.8 Å². The highest BCUT2D eigenvalue weighted by Gasteiger charge is 2.10. The summed E-state index contributed by atoms with van der Waals surface area (Å²) in [6, 6.07) is 16.8. The molecule has 0 aliphatic rings. The summed E-state index contributed by atoms with van der Waals surface area (Å²) in [6.07, 6.45) is 1.55. The lowest BCUT2D eigenvalue weighted by Crippen LogP contribution is -2.20. The molecule has 0 spiro atoms. The van der Waals surface area contributed by atoms with E-state index >= 15 is 0 Å². The van der Waals surface area contributed by atoms with Crippen LogP contribution in [0.15, 0.2) is 64.9 Å². The molecule has 26 heavy (non-hydrogen) atoms. The summed E-state index contributed by atoms with van der Waals surface area (Å²) in [4.78, 5) is 12.0. The second-order valence-electron chi connectivity index (χ2n) is 5.07. The predicted octanol–water partition coefficient (Wildman–Crippen LogP) is 1.91. The first-order valence-corrected chi connectivity index (χ1v) is 8.67. The second kappa shape index (κ2) is 8.77. The van der Waals surface area contributed by atoms with Gasteiger partial charge in [0.1, 0.15) is 5.75 Å². The van der Waals surface area contributed by atoms with E-state index in [9.17, 15) is 4.79 Å². The molecule has 0 fully saturated rings. The number of hydrogen-bond acceptors (Lipinski definition) is 7. The smallest absolute Gasteiger partial charge is 0.250 e. The molecular formula is C17H16N6O2S. The normalized spacial score (nSPS) is 10.8. The van der Waals surface area contributed by atoms with E-state index in [1.807, 2.05) is 54.6 Å². The molecule has 0 atom stereocenters. The minimum Gasteiger partial charge on any atom is -0.497 e. The van der Waals surface area contributed by atoms with Crippen LogP contribution in [0, 0.1) is 0 Å². The van der Waals surface area contributed by atoms with E-state index in [2.05, 4.69) is 26.1 Å². The lowest BCUT2D eigenvalue weighted by molar-refractivity contribution is -0.118. The van der Waals surface area contributed by atoms with Crippen molar-refractivity contribution in [1.29, 1.82) is 0 Å². The van der Waals surface area contributed by atoms with Crippen molar-refractivity contribution in [3.63, 3.8) is 0 Å². The van der Waals surface area contributed by atoms with Gasteiger partial charge in [0.2, 0.25) is 5.16 Å². The summed E-state index contributed by atoms with van der Waals surface area (Å²) in [7, 11) is 1.60. The summed E-state index contributed by atoms with van der Waals surface area (Å²) in [5.74, 6) is 0.614. The quantitative estimate of drug-likeness (QED) is 0.389. The number of tetrazole rings is 1. The highest BCUT2D eigenvalue weighted by molar-refractivity contribution is 7.99. The van der Waals surface area contributed by atoms with Crippen molar-refractivity contribution in [3.8, 4) is 11.4 Å². The van der Waals surface area contributed by atoms with Gasteiger partial charge in [0, 0.05) is 0 Å². The molecule has 2 aromatic carbocycles. The van der Waals surface area contributed by atoms with Gasteiger partial charge in [-0.1, -0.05) is 42.1 Å². The molecule has 9 heteroatoms. The summed E-state index contributed by atoms with van der Waals surface area (Å²) in [5.41, 5.74) is 4.14. The molecule has 0 saturated heterocycles. The Kier molecular flexibility index (Phi) is 5.94. The van der Waals surface area contributed by atoms with Gasteiger partial charge in [0.05, 0.1) is 24.8 Å². The van der Waals surface area contributed by atoms with Gasteiger partial charge < -0.3 is 4.74 Å². The van der Waals surface area contributed by atoms with Gasteiger partial charge in [-0.25, -0.2) is 5.43 Å². The molecule has 1 aromatic heterocycles. The minimum atomic E-state index is -0.253. The van der Waals surface area contributed by atoms with Crippen LogP contribution in [0.4, 0.5) is 0 Å². The average Bonchev–Trinajstić information content (AvgIpc) is 3.16. The molecule has 8 nitrogen and oxygen atoms in total. The van der Waals surface area contributed by atoms with Gasteiger partial charge in [0.15, 0.2) is 0 Å². The average molecular weight is 368 g/mol. The first kappa shape index (κ1) is 17.6. The Labute approximate surface area is 154 Å². The Hall–Kier alpha value is -3.20. The maximum Gasteiger partial charge on any atom is 0.250 e. The number of hydrogen-bond donors (Lipinski definition) is 1. The molecule has 132 valence electrons. The van der Waals surface area contributed by atoms with Crippen LogP contribution < -0.4 is 10.2 Å². The molecule has 3 rings (SSSR count). The maximum absolute atomic E-state index is 12.0. The van der Waals surface area contributed by atoms with Crippen molar-refractivity contribution < 1.29 is 9.53 Å². The summed E-state index contributed by atoms with van der Waals surface area (Å²) >= 11 is 1.23. The molecule has 3 aromatic rings. The number of hydrazone groups is 1. The van der Waals surface area contributed by atoms with Crippen LogP contribution in [-0.4, -0.2) is 45.2 Å². The highest BCUT2D eigenvalue weighted by atomic mass is 32.2. The molecule has 1 amide bonds. The monoisotopic (exact) mass is 368 g/mol. The number of carbonyl (C=O) groups excluding carboxylic acids is 1. The highest BCUT2D eigenvalue weighted by Crippen LogP contribution is 2.17. The van der Waals surface area contributed by atoms with E-state index in [4.69, 9.17) is 4.74 Å². The molecule has 1 N–H and O–H groups in total. The van der Waals surface area contributed by atoms with Crippen molar-refractivity contribution >= 4 is 23.9 Å². The molecule has 0 aliphatic heterocycles. The standard InChI is InChI=1S/C17H16N6O2S/c1-25-15-9-5-6-13(10-15)11-18-19-16(24)12-26-17-20-21-22-23(17)14-7-3-2-4-8-14/h2-11H,12H2,1H3,(H,19,24)/b18-11+. The number of nitrogens with one attached hydrogen (secondary N) is 1. The Morgan fingerprint density at radius 3 is 2.92 bits per heavy atom. The Morgan fingerprint density at radius 1 is 1.27 bits per heavy atom. The van der Waals surface area contributed by atoms with Gasteiger partial charge in [0.25, 0.3) is 5.91 Å². The summed E-state index contributed by atoms with van der Waals surface area (Å²) < 4.78 is 6.72. The van der Waals surface area contributed by atoms with Crippen molar-refractivity contribution in [3.05, 3.63) is 60.2 Å². The van der Waals surface area contributed by atoms with Crippen LogP contribution in [0.5, 0.6) is 5.75 Å². The van der Waals surface area contributed by atoms with Crippen LogP contribution in [0.25, 0.3) is 5.69 Å². The van der Waals surface area contributed by atoms with Crippen molar-refractivity contribution in [1.82, 2.24) is 25.6 Å². The van der Waals surface area contributed by atoms with Crippen LogP contribution in [-0.2, 0) is 4.79 Å². The van der Waals surface area contributed by atoms with Gasteiger partial charge in [-0.05, 0) is 40.3 Å². The minimum absolute atomic E-state index is 0.142. The van der Waals surface area contributed by atoms with Crippen molar-refractivity contribution in [2.45, 2.75) is 5.16 Å². The van der Waals surface area contributed by atoms with E-state index in [1.54, 1.807) is 18.0 Å². The Bertz CT molecular complexity index is 897. The Morgan fingerprint density at radius 2 is 2.12 bits per heavy atom. The third-order valence-corrected chi connectivity index (χ3v) is 4.19. The topological polar surface area (TPSA) is 94.3 Å². The third-order valence-electron chi connectivity index (χ3n) is 3.27. The number of benzene rings is 2. The second-order valence-corrected chi connectivity index (χ2v) is 6.01. The molecule has 0 bridgehead atoms. The number of para-hydroxylation sites is 1.